The van der Waals surface area contributed by atoms with Gasteiger partial charge in [-0.25, -0.2) is 9.97 Å². The number of H-pyrrole nitrogens is 1. The Hall–Kier alpha value is -3.23. The minimum absolute atomic E-state index is 0.207. The van der Waals surface area contributed by atoms with Gasteiger partial charge in [0.15, 0.2) is 10.1 Å². The Morgan fingerprint density at radius 3 is 3.03 bits per heavy atom. The molecule has 0 unspecified atom stereocenters. The molecule has 146 valence electrons. The van der Waals surface area contributed by atoms with Crippen LogP contribution in [0.3, 0.4) is 0 Å². The topological polar surface area (TPSA) is 92.1 Å². The monoisotopic (exact) mass is 425 g/mol. The molecule has 0 bridgehead atoms. The zero-order valence-corrected chi connectivity index (χ0v) is 16.9. The molecule has 3 aromatic heterocycles. The van der Waals surface area contributed by atoms with Crippen molar-refractivity contribution < 1.29 is 4.79 Å². The Morgan fingerprint density at radius 1 is 1.34 bits per heavy atom. The van der Waals surface area contributed by atoms with Gasteiger partial charge >= 0.3 is 0 Å². The summed E-state index contributed by atoms with van der Waals surface area (Å²) >= 11 is 7.60. The summed E-state index contributed by atoms with van der Waals surface area (Å²) in [6, 6.07) is 8.61. The van der Waals surface area contributed by atoms with Crippen molar-refractivity contribution in [2.45, 2.75) is 13.3 Å². The van der Waals surface area contributed by atoms with Crippen molar-refractivity contribution in [2.24, 2.45) is 0 Å². The van der Waals surface area contributed by atoms with Crippen molar-refractivity contribution in [3.63, 3.8) is 0 Å². The largest absolute Gasteiger partial charge is 0.322 e. The minimum atomic E-state index is -0.313. The molecule has 0 fully saturated rings. The second kappa shape index (κ2) is 8.02. The second-order valence-electron chi connectivity index (χ2n) is 6.19. The number of nitrogens with zero attached hydrogens (tertiary/aromatic N) is 3. The summed E-state index contributed by atoms with van der Waals surface area (Å²) in [4.78, 5) is 36.3. The van der Waals surface area contributed by atoms with Crippen LogP contribution >= 0.6 is 22.9 Å². The smallest absolute Gasteiger partial charge is 0.251 e. The lowest BCUT2D eigenvalue weighted by Crippen LogP contribution is -2.10. The van der Waals surface area contributed by atoms with Gasteiger partial charge in [0, 0.05) is 40.7 Å². The van der Waals surface area contributed by atoms with E-state index in [-0.39, 0.29) is 11.5 Å². The molecule has 4 aromatic rings. The lowest BCUT2D eigenvalue weighted by molar-refractivity contribution is -0.111. The summed E-state index contributed by atoms with van der Waals surface area (Å²) < 4.78 is 1.82. The van der Waals surface area contributed by atoms with E-state index in [4.69, 9.17) is 11.6 Å². The van der Waals surface area contributed by atoms with Gasteiger partial charge in [0.05, 0.1) is 5.69 Å². The second-order valence-corrected chi connectivity index (χ2v) is 7.42. The van der Waals surface area contributed by atoms with Gasteiger partial charge in [-0.1, -0.05) is 30.7 Å². The predicted octanol–water partition coefficient (Wildman–Crippen LogP) is 4.01. The SMILES string of the molecule is CCc1cc(=O)[nH]c(-c2cccc(NC(=O)/C=C/c3c(Cl)nc4sccn34)c2)n1. The predicted molar refractivity (Wildman–Crippen MR) is 115 cm³/mol. The van der Waals surface area contributed by atoms with Crippen LogP contribution in [-0.4, -0.2) is 25.3 Å². The third-order valence-corrected chi connectivity index (χ3v) is 5.24. The Bertz CT molecular complexity index is 1290. The molecule has 3 heterocycles. The highest BCUT2D eigenvalue weighted by molar-refractivity contribution is 7.15. The lowest BCUT2D eigenvalue weighted by Gasteiger charge is -2.06. The van der Waals surface area contributed by atoms with Gasteiger partial charge < -0.3 is 10.3 Å². The van der Waals surface area contributed by atoms with Crippen molar-refractivity contribution in [3.8, 4) is 11.4 Å². The maximum atomic E-state index is 12.4. The third-order valence-electron chi connectivity index (χ3n) is 4.21. The summed E-state index contributed by atoms with van der Waals surface area (Å²) in [7, 11) is 0. The molecule has 7 nitrogen and oxygen atoms in total. The molecule has 0 aliphatic heterocycles. The van der Waals surface area contributed by atoms with Crippen LogP contribution in [0.4, 0.5) is 5.69 Å². The minimum Gasteiger partial charge on any atom is -0.322 e. The summed E-state index contributed by atoms with van der Waals surface area (Å²) in [6.45, 7) is 1.94. The number of carbonyl (C=O) groups excluding carboxylic acids is 1. The van der Waals surface area contributed by atoms with Crippen molar-refractivity contribution in [1.29, 1.82) is 0 Å². The Labute approximate surface area is 174 Å². The maximum absolute atomic E-state index is 12.4. The number of rotatable bonds is 5. The van der Waals surface area contributed by atoms with E-state index in [1.165, 1.54) is 23.5 Å². The molecule has 9 heteroatoms. The highest BCUT2D eigenvalue weighted by Gasteiger charge is 2.09. The van der Waals surface area contributed by atoms with Gasteiger partial charge in [0.2, 0.25) is 5.91 Å². The number of hydrogen-bond acceptors (Lipinski definition) is 5. The van der Waals surface area contributed by atoms with Gasteiger partial charge in [-0.15, -0.1) is 11.3 Å². The van der Waals surface area contributed by atoms with Crippen LogP contribution in [0.25, 0.3) is 22.4 Å². The van der Waals surface area contributed by atoms with E-state index in [9.17, 15) is 9.59 Å². The number of hydrogen-bond donors (Lipinski definition) is 2. The van der Waals surface area contributed by atoms with E-state index in [2.05, 4.69) is 20.3 Å². The molecule has 0 aliphatic rings. The van der Waals surface area contributed by atoms with Crippen molar-refractivity contribution >= 4 is 45.6 Å². The van der Waals surface area contributed by atoms with Crippen LogP contribution in [0, 0.1) is 0 Å². The van der Waals surface area contributed by atoms with Crippen molar-refractivity contribution in [3.05, 3.63) is 74.9 Å². The average molecular weight is 426 g/mol. The van der Waals surface area contributed by atoms with Gasteiger partial charge in [0.25, 0.3) is 5.56 Å². The maximum Gasteiger partial charge on any atom is 0.251 e. The number of aromatic amines is 1. The molecule has 0 aliphatic carbocycles. The quantitative estimate of drug-likeness (QED) is 0.472. The highest BCUT2D eigenvalue weighted by Crippen LogP contribution is 2.23. The van der Waals surface area contributed by atoms with Crippen LogP contribution in [0.2, 0.25) is 5.15 Å². The van der Waals surface area contributed by atoms with E-state index in [0.29, 0.717) is 40.0 Å². The first-order chi connectivity index (χ1) is 14.0. The van der Waals surface area contributed by atoms with Crippen LogP contribution in [0.1, 0.15) is 18.3 Å². The molecular weight excluding hydrogens is 410 g/mol. The van der Waals surface area contributed by atoms with Crippen LogP contribution < -0.4 is 10.9 Å². The first-order valence-corrected chi connectivity index (χ1v) is 10.1. The molecule has 1 amide bonds. The number of carbonyl (C=O) groups is 1. The van der Waals surface area contributed by atoms with Gasteiger partial charge in [-0.05, 0) is 24.6 Å². The molecule has 0 spiro atoms. The molecule has 0 radical (unpaired) electrons. The average Bonchev–Trinajstić information content (AvgIpc) is 3.26. The summed E-state index contributed by atoms with van der Waals surface area (Å²) in [5.74, 6) is 0.152. The first-order valence-electron chi connectivity index (χ1n) is 8.84. The van der Waals surface area contributed by atoms with E-state index in [1.54, 1.807) is 24.3 Å². The third kappa shape index (κ3) is 4.13. The Kier molecular flexibility index (Phi) is 5.28. The Balaban J connectivity index is 1.54. The van der Waals surface area contributed by atoms with Gasteiger partial charge in [-0.2, -0.15) is 0 Å². The van der Waals surface area contributed by atoms with E-state index >= 15 is 0 Å². The van der Waals surface area contributed by atoms with Crippen molar-refractivity contribution in [1.82, 2.24) is 19.4 Å². The number of nitrogens with one attached hydrogen (secondary N) is 2. The van der Waals surface area contributed by atoms with Crippen LogP contribution in [-0.2, 0) is 11.2 Å². The number of aromatic nitrogens is 4. The molecule has 4 rings (SSSR count). The number of benzene rings is 1. The fourth-order valence-electron chi connectivity index (χ4n) is 2.83. The van der Waals surface area contributed by atoms with E-state index in [1.807, 2.05) is 29.0 Å². The summed E-state index contributed by atoms with van der Waals surface area (Å²) in [5, 5.41) is 5.04. The zero-order valence-electron chi connectivity index (χ0n) is 15.3. The molecule has 29 heavy (non-hydrogen) atoms. The number of aryl methyl sites for hydroxylation is 1. The highest BCUT2D eigenvalue weighted by atomic mass is 35.5. The normalized spacial score (nSPS) is 11.4. The van der Waals surface area contributed by atoms with E-state index in [0.717, 1.165) is 4.96 Å². The van der Waals surface area contributed by atoms with Gasteiger partial charge in [-0.3, -0.25) is 14.0 Å². The molecule has 2 N–H and O–H groups in total. The number of imidazole rings is 1. The van der Waals surface area contributed by atoms with Crippen LogP contribution in [0.15, 0.2) is 52.8 Å². The first kappa shape index (κ1) is 19.1. The Morgan fingerprint density at radius 2 is 2.21 bits per heavy atom. The number of anilines is 1. The standard InChI is InChI=1S/C20H16ClN5O2S/c1-2-13-11-17(28)24-19(23-13)12-4-3-5-14(10-12)22-16(27)7-6-15-18(21)25-20-26(15)8-9-29-20/h3-11H,2H2,1H3,(H,22,27)(H,23,24,28)/b7-6+. The molecular formula is C20H16ClN5O2S. The summed E-state index contributed by atoms with van der Waals surface area (Å²) in [6.07, 6.45) is 5.53. The van der Waals surface area contributed by atoms with Crippen LogP contribution in [0.5, 0.6) is 0 Å². The zero-order chi connectivity index (χ0) is 20.4. The fourth-order valence-corrected chi connectivity index (χ4v) is 3.84. The molecule has 0 saturated carbocycles. The summed E-state index contributed by atoms with van der Waals surface area (Å²) in [5.41, 5.74) is 2.44. The number of fused-ring (bicyclic) bond motifs is 1. The molecule has 1 aromatic carbocycles. The fraction of sp³-hybridized carbons (Fsp3) is 0.100. The number of halogens is 1. The molecule has 0 atom stereocenters. The van der Waals surface area contributed by atoms with E-state index < -0.39 is 0 Å². The number of thiazole rings is 1. The number of amides is 1. The van der Waals surface area contributed by atoms with Gasteiger partial charge in [0.1, 0.15) is 5.82 Å². The molecule has 0 saturated heterocycles. The van der Waals surface area contributed by atoms with Crippen molar-refractivity contribution in [2.75, 3.05) is 5.32 Å². The lowest BCUT2D eigenvalue weighted by atomic mass is 10.1.